The molecular weight excluding hydrogens is 222 g/mol. The van der Waals surface area contributed by atoms with Crippen molar-refractivity contribution < 1.29 is 10.0 Å². The molecule has 1 atom stereocenters. The highest BCUT2D eigenvalue weighted by Gasteiger charge is 2.08. The normalized spacial score (nSPS) is 12.1. The number of aliphatic hydroxyl groups is 1. The molecule has 0 radical (unpaired) electrons. The molecule has 1 rings (SSSR count). The summed E-state index contributed by atoms with van der Waals surface area (Å²) in [5.74, 6) is 0. The average Bonchev–Trinajstić information content (AvgIpc) is 2.28. The number of hydrogen-bond donors (Lipinski definition) is 3. The highest BCUT2D eigenvalue weighted by atomic mass is 16.6. The molecule has 4 N–H and O–H groups in total. The molecule has 6 heteroatoms. The molecule has 0 amide bonds. The number of aliphatic hydroxyl groups excluding tert-OH is 1. The van der Waals surface area contributed by atoms with Gasteiger partial charge >= 0.3 is 0 Å². The summed E-state index contributed by atoms with van der Waals surface area (Å²) in [4.78, 5) is 10.1. The summed E-state index contributed by atoms with van der Waals surface area (Å²) in [7, 11) is 0. The average molecular weight is 239 g/mol. The molecule has 1 unspecified atom stereocenters. The highest BCUT2D eigenvalue weighted by molar-refractivity contribution is 5.61. The first-order chi connectivity index (χ1) is 8.02. The maximum absolute atomic E-state index is 10.6. The van der Waals surface area contributed by atoms with Gasteiger partial charge in [0.15, 0.2) is 0 Å². The Morgan fingerprint density at radius 1 is 1.53 bits per heavy atom. The lowest BCUT2D eigenvalue weighted by Gasteiger charge is -2.10. The zero-order valence-corrected chi connectivity index (χ0v) is 9.72. The number of nitro benzene ring substituents is 1. The van der Waals surface area contributed by atoms with Gasteiger partial charge in [0.05, 0.1) is 11.0 Å². The topological polar surface area (TPSA) is 101 Å². The Morgan fingerprint density at radius 2 is 2.24 bits per heavy atom. The van der Waals surface area contributed by atoms with E-state index in [1.807, 2.05) is 6.92 Å². The van der Waals surface area contributed by atoms with E-state index in [0.29, 0.717) is 30.8 Å². The number of nitro groups is 1. The summed E-state index contributed by atoms with van der Waals surface area (Å²) in [6.45, 7) is 2.45. The lowest BCUT2D eigenvalue weighted by molar-refractivity contribution is -0.384. The van der Waals surface area contributed by atoms with Crippen molar-refractivity contribution in [3.05, 3.63) is 28.3 Å². The minimum absolute atomic E-state index is 0.0384. The maximum Gasteiger partial charge on any atom is 0.273 e. The van der Waals surface area contributed by atoms with Gasteiger partial charge in [-0.1, -0.05) is 6.92 Å². The molecular formula is C11H17N3O3. The van der Waals surface area contributed by atoms with Gasteiger partial charge < -0.3 is 16.2 Å². The smallest absolute Gasteiger partial charge is 0.273 e. The molecule has 0 saturated carbocycles. The summed E-state index contributed by atoms with van der Waals surface area (Å²) in [6, 6.07) is 4.37. The van der Waals surface area contributed by atoms with Gasteiger partial charge in [-0.05, 0) is 18.9 Å². The van der Waals surface area contributed by atoms with Gasteiger partial charge in [0.25, 0.3) is 5.69 Å². The van der Waals surface area contributed by atoms with Crippen LogP contribution in [0.3, 0.4) is 0 Å². The Bertz CT molecular complexity index is 396. The SMILES string of the molecule is CCC(O)CCNc1cc(N)cc([N+](=O)[O-])c1. The number of hydrogen-bond acceptors (Lipinski definition) is 5. The zero-order chi connectivity index (χ0) is 12.8. The van der Waals surface area contributed by atoms with Crippen molar-refractivity contribution >= 4 is 17.1 Å². The molecule has 0 aliphatic rings. The second-order valence-electron chi connectivity index (χ2n) is 3.85. The number of nitrogens with two attached hydrogens (primary N) is 1. The third-order valence-electron chi connectivity index (χ3n) is 2.43. The van der Waals surface area contributed by atoms with Crippen molar-refractivity contribution in [3.63, 3.8) is 0 Å². The standard InChI is InChI=1S/C11H17N3O3/c1-2-11(15)3-4-13-9-5-8(12)6-10(7-9)14(16)17/h5-7,11,13,15H,2-4,12H2,1H3. The zero-order valence-electron chi connectivity index (χ0n) is 9.72. The van der Waals surface area contributed by atoms with Crippen molar-refractivity contribution in [3.8, 4) is 0 Å². The van der Waals surface area contributed by atoms with Crippen molar-refractivity contribution in [1.82, 2.24) is 0 Å². The van der Waals surface area contributed by atoms with Crippen molar-refractivity contribution in [1.29, 1.82) is 0 Å². The number of rotatable bonds is 6. The van der Waals surface area contributed by atoms with E-state index >= 15 is 0 Å². The number of nitrogens with zero attached hydrogens (tertiary/aromatic N) is 1. The Morgan fingerprint density at radius 3 is 2.82 bits per heavy atom. The number of non-ortho nitro benzene ring substituents is 1. The first kappa shape index (κ1) is 13.2. The van der Waals surface area contributed by atoms with Crippen LogP contribution in [0.2, 0.25) is 0 Å². The van der Waals surface area contributed by atoms with Gasteiger partial charge in [0.1, 0.15) is 0 Å². The quantitative estimate of drug-likeness (QED) is 0.399. The summed E-state index contributed by atoms with van der Waals surface area (Å²) >= 11 is 0. The molecule has 0 fully saturated rings. The number of anilines is 2. The monoisotopic (exact) mass is 239 g/mol. The molecule has 0 heterocycles. The Kier molecular flexibility index (Phi) is 4.71. The van der Waals surface area contributed by atoms with Crippen molar-refractivity contribution in [2.75, 3.05) is 17.6 Å². The molecule has 0 bridgehead atoms. The lowest BCUT2D eigenvalue weighted by atomic mass is 10.2. The first-order valence-electron chi connectivity index (χ1n) is 5.49. The van der Waals surface area contributed by atoms with Crippen LogP contribution in [0.25, 0.3) is 0 Å². The van der Waals surface area contributed by atoms with Gasteiger partial charge in [0, 0.05) is 30.1 Å². The van der Waals surface area contributed by atoms with E-state index in [9.17, 15) is 15.2 Å². The van der Waals surface area contributed by atoms with E-state index in [4.69, 9.17) is 5.73 Å². The Hall–Kier alpha value is -1.82. The van der Waals surface area contributed by atoms with Gasteiger partial charge in [-0.2, -0.15) is 0 Å². The number of nitrogens with one attached hydrogen (secondary N) is 1. The van der Waals surface area contributed by atoms with Crippen LogP contribution in [0, 0.1) is 10.1 Å². The predicted molar refractivity (Wildman–Crippen MR) is 66.9 cm³/mol. The molecule has 0 aromatic heterocycles. The second kappa shape index (κ2) is 6.05. The minimum atomic E-state index is -0.484. The van der Waals surface area contributed by atoms with Crippen LogP contribution in [0.5, 0.6) is 0 Å². The van der Waals surface area contributed by atoms with Crippen LogP contribution in [0.1, 0.15) is 19.8 Å². The van der Waals surface area contributed by atoms with Crippen LogP contribution in [-0.2, 0) is 0 Å². The molecule has 0 saturated heterocycles. The van der Waals surface area contributed by atoms with E-state index in [1.165, 1.54) is 12.1 Å². The Labute approximate surface area is 99.6 Å². The predicted octanol–water partition coefficient (Wildman–Crippen LogP) is 1.75. The molecule has 0 aliphatic carbocycles. The lowest BCUT2D eigenvalue weighted by Crippen LogP contribution is -2.12. The van der Waals surface area contributed by atoms with E-state index in [2.05, 4.69) is 5.32 Å². The van der Waals surface area contributed by atoms with E-state index in [1.54, 1.807) is 6.07 Å². The molecule has 1 aromatic carbocycles. The molecule has 17 heavy (non-hydrogen) atoms. The van der Waals surface area contributed by atoms with E-state index < -0.39 is 4.92 Å². The van der Waals surface area contributed by atoms with Crippen molar-refractivity contribution in [2.45, 2.75) is 25.9 Å². The fraction of sp³-hybridized carbons (Fsp3) is 0.455. The van der Waals surface area contributed by atoms with Gasteiger partial charge in [-0.15, -0.1) is 0 Å². The molecule has 0 spiro atoms. The second-order valence-corrected chi connectivity index (χ2v) is 3.85. The largest absolute Gasteiger partial charge is 0.398 e. The van der Waals surface area contributed by atoms with Crippen molar-refractivity contribution in [2.24, 2.45) is 0 Å². The van der Waals surface area contributed by atoms with Gasteiger partial charge in [0.2, 0.25) is 0 Å². The van der Waals surface area contributed by atoms with Crippen LogP contribution >= 0.6 is 0 Å². The summed E-state index contributed by atoms with van der Waals surface area (Å²) in [5, 5.41) is 23.0. The molecule has 94 valence electrons. The maximum atomic E-state index is 10.6. The summed E-state index contributed by atoms with van der Waals surface area (Å²) in [6.07, 6.45) is 0.941. The fourth-order valence-electron chi connectivity index (χ4n) is 1.43. The summed E-state index contributed by atoms with van der Waals surface area (Å²) < 4.78 is 0. The van der Waals surface area contributed by atoms with Crippen LogP contribution in [0.4, 0.5) is 17.1 Å². The highest BCUT2D eigenvalue weighted by Crippen LogP contribution is 2.22. The molecule has 0 aliphatic heterocycles. The van der Waals surface area contributed by atoms with Crippen LogP contribution in [-0.4, -0.2) is 22.7 Å². The first-order valence-corrected chi connectivity index (χ1v) is 5.49. The number of nitrogen functional groups attached to an aromatic ring is 1. The Balaban J connectivity index is 2.62. The third-order valence-corrected chi connectivity index (χ3v) is 2.43. The fourth-order valence-corrected chi connectivity index (χ4v) is 1.43. The molecule has 6 nitrogen and oxygen atoms in total. The van der Waals surface area contributed by atoms with Crippen LogP contribution < -0.4 is 11.1 Å². The summed E-state index contributed by atoms with van der Waals surface area (Å²) in [5.41, 5.74) is 6.47. The number of benzene rings is 1. The van der Waals surface area contributed by atoms with Gasteiger partial charge in [-0.3, -0.25) is 10.1 Å². The van der Waals surface area contributed by atoms with E-state index in [-0.39, 0.29) is 11.8 Å². The van der Waals surface area contributed by atoms with E-state index in [0.717, 1.165) is 0 Å². The third kappa shape index (κ3) is 4.28. The van der Waals surface area contributed by atoms with Gasteiger partial charge in [-0.25, -0.2) is 0 Å². The minimum Gasteiger partial charge on any atom is -0.398 e. The molecule has 1 aromatic rings. The van der Waals surface area contributed by atoms with Crippen LogP contribution in [0.15, 0.2) is 18.2 Å².